The molecular weight excluding hydrogens is 331 g/mol. The van der Waals surface area contributed by atoms with E-state index in [9.17, 15) is 4.79 Å². The smallest absolute Gasteiger partial charge is 0.253 e. The maximum Gasteiger partial charge on any atom is 0.253 e. The molecule has 0 saturated carbocycles. The Morgan fingerprint density at radius 1 is 1.22 bits per heavy atom. The number of likely N-dealkylation sites (tertiary alicyclic amines) is 1. The van der Waals surface area contributed by atoms with Gasteiger partial charge in [-0.05, 0) is 49.5 Å². The Hall–Kier alpha value is -0.770. The highest BCUT2D eigenvalue weighted by Crippen LogP contribution is 2.28. The Labute approximate surface area is 149 Å². The second-order valence-corrected chi connectivity index (χ2v) is 8.25. The summed E-state index contributed by atoms with van der Waals surface area (Å²) >= 11 is 12.0. The molecule has 1 atom stereocenters. The molecule has 0 aromatic heterocycles. The third-order valence-electron chi connectivity index (χ3n) is 4.58. The average molecular weight is 357 g/mol. The maximum atomic E-state index is 12.9. The Bertz CT molecular complexity index is 563. The van der Waals surface area contributed by atoms with Gasteiger partial charge in [-0.25, -0.2) is 0 Å². The van der Waals surface area contributed by atoms with E-state index in [4.69, 9.17) is 23.2 Å². The van der Waals surface area contributed by atoms with Gasteiger partial charge in [0.25, 0.3) is 5.91 Å². The van der Waals surface area contributed by atoms with Crippen molar-refractivity contribution in [1.82, 2.24) is 9.80 Å². The number of hydrogen-bond acceptors (Lipinski definition) is 2. The summed E-state index contributed by atoms with van der Waals surface area (Å²) in [4.78, 5) is 17.2. The molecule has 0 bridgehead atoms. The second kappa shape index (κ2) is 7.42. The molecule has 2 rings (SSSR count). The van der Waals surface area contributed by atoms with Crippen molar-refractivity contribution in [2.75, 3.05) is 26.7 Å². The lowest BCUT2D eigenvalue weighted by atomic mass is 9.85. The van der Waals surface area contributed by atoms with E-state index in [1.807, 2.05) is 11.9 Å². The number of amides is 1. The SMILES string of the molecule is CN(C(=O)c1ccc(Cl)c(Cl)c1)C(CN1CCCC1)C(C)(C)C. The lowest BCUT2D eigenvalue weighted by molar-refractivity contribution is 0.0519. The second-order valence-electron chi connectivity index (χ2n) is 7.43. The van der Waals surface area contributed by atoms with E-state index in [1.54, 1.807) is 18.2 Å². The third kappa shape index (κ3) is 4.62. The standard InChI is InChI=1S/C18H26Cl2N2O/c1-18(2,3)16(12-22-9-5-6-10-22)21(4)17(23)13-7-8-14(19)15(20)11-13/h7-8,11,16H,5-6,9-10,12H2,1-4H3. The number of halogens is 2. The summed E-state index contributed by atoms with van der Waals surface area (Å²) in [7, 11) is 1.89. The summed E-state index contributed by atoms with van der Waals surface area (Å²) < 4.78 is 0. The first-order valence-corrected chi connectivity index (χ1v) is 8.90. The Kier molecular flexibility index (Phi) is 5.99. The molecule has 1 aliphatic heterocycles. The van der Waals surface area contributed by atoms with Gasteiger partial charge in [-0.3, -0.25) is 4.79 Å². The Balaban J connectivity index is 2.19. The molecule has 1 heterocycles. The number of benzene rings is 1. The molecule has 0 N–H and O–H groups in total. The van der Waals surface area contributed by atoms with E-state index >= 15 is 0 Å². The fourth-order valence-corrected chi connectivity index (χ4v) is 3.46. The van der Waals surface area contributed by atoms with Gasteiger partial charge < -0.3 is 9.80 Å². The predicted molar refractivity (Wildman–Crippen MR) is 97.5 cm³/mol. The summed E-state index contributed by atoms with van der Waals surface area (Å²) in [6.07, 6.45) is 2.50. The van der Waals surface area contributed by atoms with Crippen molar-refractivity contribution in [3.8, 4) is 0 Å². The minimum atomic E-state index is -0.0114. The summed E-state index contributed by atoms with van der Waals surface area (Å²) in [5, 5.41) is 0.882. The van der Waals surface area contributed by atoms with Gasteiger partial charge in [0, 0.05) is 25.2 Å². The molecule has 23 heavy (non-hydrogen) atoms. The Morgan fingerprint density at radius 2 is 1.83 bits per heavy atom. The number of likely N-dealkylation sites (N-methyl/N-ethyl adjacent to an activating group) is 1. The van der Waals surface area contributed by atoms with Crippen LogP contribution in [0.25, 0.3) is 0 Å². The van der Waals surface area contributed by atoms with Gasteiger partial charge >= 0.3 is 0 Å². The van der Waals surface area contributed by atoms with Crippen LogP contribution in [-0.4, -0.2) is 48.4 Å². The summed E-state index contributed by atoms with van der Waals surface area (Å²) in [5.41, 5.74) is 0.584. The molecule has 0 spiro atoms. The number of carbonyl (C=O) groups excluding carboxylic acids is 1. The van der Waals surface area contributed by atoms with Crippen LogP contribution in [0, 0.1) is 5.41 Å². The van der Waals surface area contributed by atoms with Gasteiger partial charge in [0.1, 0.15) is 0 Å². The molecule has 5 heteroatoms. The number of rotatable bonds is 4. The molecule has 1 unspecified atom stereocenters. The van der Waals surface area contributed by atoms with E-state index in [-0.39, 0.29) is 17.4 Å². The highest BCUT2D eigenvalue weighted by molar-refractivity contribution is 6.42. The van der Waals surface area contributed by atoms with Crippen molar-refractivity contribution < 1.29 is 4.79 Å². The van der Waals surface area contributed by atoms with Gasteiger partial charge in [0.2, 0.25) is 0 Å². The van der Waals surface area contributed by atoms with Gasteiger partial charge in [0.15, 0.2) is 0 Å². The van der Waals surface area contributed by atoms with Crippen LogP contribution in [-0.2, 0) is 0 Å². The first-order chi connectivity index (χ1) is 10.7. The van der Waals surface area contributed by atoms with Crippen LogP contribution in [0.5, 0.6) is 0 Å². The van der Waals surface area contributed by atoms with E-state index in [1.165, 1.54) is 12.8 Å². The van der Waals surface area contributed by atoms with Crippen LogP contribution in [0.4, 0.5) is 0 Å². The number of hydrogen-bond donors (Lipinski definition) is 0. The zero-order chi connectivity index (χ0) is 17.2. The zero-order valence-electron chi connectivity index (χ0n) is 14.4. The van der Waals surface area contributed by atoms with Crippen molar-refractivity contribution in [3.05, 3.63) is 33.8 Å². The van der Waals surface area contributed by atoms with Crippen molar-refractivity contribution in [3.63, 3.8) is 0 Å². The molecule has 3 nitrogen and oxygen atoms in total. The summed E-state index contributed by atoms with van der Waals surface area (Å²) in [5.74, 6) is -0.0114. The highest BCUT2D eigenvalue weighted by Gasteiger charge is 2.33. The van der Waals surface area contributed by atoms with Crippen molar-refractivity contribution in [1.29, 1.82) is 0 Å². The van der Waals surface area contributed by atoms with Gasteiger partial charge in [0.05, 0.1) is 10.0 Å². The fraction of sp³-hybridized carbons (Fsp3) is 0.611. The average Bonchev–Trinajstić information content (AvgIpc) is 2.98. The molecule has 1 aromatic rings. The number of nitrogens with zero attached hydrogens (tertiary/aromatic N) is 2. The van der Waals surface area contributed by atoms with Crippen LogP contribution in [0.3, 0.4) is 0 Å². The summed E-state index contributed by atoms with van der Waals surface area (Å²) in [6, 6.07) is 5.21. The van der Waals surface area contributed by atoms with E-state index < -0.39 is 0 Å². The van der Waals surface area contributed by atoms with E-state index in [0.29, 0.717) is 15.6 Å². The normalized spacial score (nSPS) is 17.3. The van der Waals surface area contributed by atoms with Crippen LogP contribution in [0.1, 0.15) is 44.0 Å². The van der Waals surface area contributed by atoms with Crippen molar-refractivity contribution in [2.45, 2.75) is 39.7 Å². The lowest BCUT2D eigenvalue weighted by Crippen LogP contribution is -2.51. The molecule has 1 fully saturated rings. The van der Waals surface area contributed by atoms with E-state index in [0.717, 1.165) is 19.6 Å². The minimum Gasteiger partial charge on any atom is -0.337 e. The van der Waals surface area contributed by atoms with Crippen molar-refractivity contribution in [2.24, 2.45) is 5.41 Å². The minimum absolute atomic E-state index is 0.00319. The molecule has 1 aliphatic rings. The quantitative estimate of drug-likeness (QED) is 0.788. The topological polar surface area (TPSA) is 23.6 Å². The number of carbonyl (C=O) groups is 1. The molecule has 1 aromatic carbocycles. The lowest BCUT2D eigenvalue weighted by Gasteiger charge is -2.40. The predicted octanol–water partition coefficient (Wildman–Crippen LogP) is 4.58. The monoisotopic (exact) mass is 356 g/mol. The summed E-state index contributed by atoms with van der Waals surface area (Å²) in [6.45, 7) is 9.72. The third-order valence-corrected chi connectivity index (χ3v) is 5.32. The molecule has 128 valence electrons. The van der Waals surface area contributed by atoms with Crippen LogP contribution < -0.4 is 0 Å². The maximum absolute atomic E-state index is 12.9. The van der Waals surface area contributed by atoms with Crippen LogP contribution >= 0.6 is 23.2 Å². The van der Waals surface area contributed by atoms with Gasteiger partial charge in [-0.15, -0.1) is 0 Å². The molecule has 1 amide bonds. The van der Waals surface area contributed by atoms with Gasteiger partial charge in [-0.1, -0.05) is 44.0 Å². The van der Waals surface area contributed by atoms with E-state index in [2.05, 4.69) is 25.7 Å². The first kappa shape index (κ1) is 18.6. The van der Waals surface area contributed by atoms with Crippen LogP contribution in [0.2, 0.25) is 10.0 Å². The zero-order valence-corrected chi connectivity index (χ0v) is 15.9. The molecule has 0 aliphatic carbocycles. The molecular formula is C18H26Cl2N2O. The molecule has 0 radical (unpaired) electrons. The molecule has 1 saturated heterocycles. The highest BCUT2D eigenvalue weighted by atomic mass is 35.5. The fourth-order valence-electron chi connectivity index (χ4n) is 3.16. The van der Waals surface area contributed by atoms with Crippen molar-refractivity contribution >= 4 is 29.1 Å². The van der Waals surface area contributed by atoms with Crippen LogP contribution in [0.15, 0.2) is 18.2 Å². The largest absolute Gasteiger partial charge is 0.337 e. The van der Waals surface area contributed by atoms with Gasteiger partial charge in [-0.2, -0.15) is 0 Å². The Morgan fingerprint density at radius 3 is 2.35 bits per heavy atom. The first-order valence-electron chi connectivity index (χ1n) is 8.14.